The van der Waals surface area contributed by atoms with Gasteiger partial charge in [0.05, 0.1) is 10.0 Å². The predicted octanol–water partition coefficient (Wildman–Crippen LogP) is 4.53. The van der Waals surface area contributed by atoms with Crippen LogP contribution < -0.4 is 11.1 Å². The van der Waals surface area contributed by atoms with E-state index >= 15 is 0 Å². The largest absolute Gasteiger partial charge is 0.328 e. The molecule has 126 valence electrons. The van der Waals surface area contributed by atoms with E-state index in [2.05, 4.69) is 10.3 Å². The van der Waals surface area contributed by atoms with E-state index in [1.54, 1.807) is 12.3 Å². The Bertz CT molecular complexity index is 661. The number of nitrogens with one attached hydrogen (secondary N) is 1. The Labute approximate surface area is 155 Å². The zero-order valence-corrected chi connectivity index (χ0v) is 15.7. The minimum Gasteiger partial charge on any atom is -0.328 e. The summed E-state index contributed by atoms with van der Waals surface area (Å²) in [6.07, 6.45) is 3.42. The van der Waals surface area contributed by atoms with E-state index in [1.807, 2.05) is 19.1 Å². The first-order valence-corrected chi connectivity index (χ1v) is 8.46. The van der Waals surface area contributed by atoms with Gasteiger partial charge in [-0.2, -0.15) is 0 Å². The molecular weight excluding hydrogens is 377 g/mol. The van der Waals surface area contributed by atoms with Crippen molar-refractivity contribution in [1.29, 1.82) is 0 Å². The molecule has 0 saturated carbocycles. The van der Waals surface area contributed by atoms with Gasteiger partial charge in [0.2, 0.25) is 5.91 Å². The highest BCUT2D eigenvalue weighted by molar-refractivity contribution is 7.15. The number of carbonyl (C=O) groups is 1. The number of halogens is 3. The molecule has 23 heavy (non-hydrogen) atoms. The minimum absolute atomic E-state index is 0. The summed E-state index contributed by atoms with van der Waals surface area (Å²) in [5, 5.41) is 4.46. The number of amides is 1. The fourth-order valence-electron chi connectivity index (χ4n) is 1.86. The van der Waals surface area contributed by atoms with E-state index in [0.29, 0.717) is 34.4 Å². The predicted molar refractivity (Wildman–Crippen MR) is 100 cm³/mol. The molecule has 2 aromatic rings. The second-order valence-corrected chi connectivity index (χ2v) is 6.99. The fraction of sp³-hybridized carbons (Fsp3) is 0.333. The summed E-state index contributed by atoms with van der Waals surface area (Å²) < 4.78 is 0. The van der Waals surface area contributed by atoms with Gasteiger partial charge in [0.1, 0.15) is 0 Å². The van der Waals surface area contributed by atoms with Crippen molar-refractivity contribution in [3.05, 3.63) is 44.9 Å². The quantitative estimate of drug-likeness (QED) is 0.756. The lowest BCUT2D eigenvalue weighted by Crippen LogP contribution is -2.19. The molecule has 8 heteroatoms. The fourth-order valence-corrected chi connectivity index (χ4v) is 3.10. The summed E-state index contributed by atoms with van der Waals surface area (Å²) in [4.78, 5) is 17.0. The number of benzene rings is 1. The molecular formula is C15H18Cl3N3OS. The van der Waals surface area contributed by atoms with E-state index in [-0.39, 0.29) is 24.4 Å². The van der Waals surface area contributed by atoms with Gasteiger partial charge in [0.25, 0.3) is 0 Å². The number of anilines is 1. The van der Waals surface area contributed by atoms with E-state index in [1.165, 1.54) is 11.3 Å². The monoisotopic (exact) mass is 393 g/mol. The van der Waals surface area contributed by atoms with E-state index in [9.17, 15) is 4.79 Å². The number of aromatic nitrogens is 1. The summed E-state index contributed by atoms with van der Waals surface area (Å²) in [7, 11) is 0. The number of rotatable bonds is 6. The van der Waals surface area contributed by atoms with Crippen molar-refractivity contribution in [3.63, 3.8) is 0 Å². The lowest BCUT2D eigenvalue weighted by atomic mass is 10.1. The smallest absolute Gasteiger partial charge is 0.226 e. The molecule has 1 atom stereocenters. The van der Waals surface area contributed by atoms with Crippen LogP contribution in [0.3, 0.4) is 0 Å². The number of thiazole rings is 1. The topological polar surface area (TPSA) is 68.0 Å². The van der Waals surface area contributed by atoms with Gasteiger partial charge in [-0.05, 0) is 25.0 Å². The molecule has 1 amide bonds. The van der Waals surface area contributed by atoms with Crippen molar-refractivity contribution >= 4 is 58.0 Å². The average Bonchev–Trinajstić information content (AvgIpc) is 2.89. The molecule has 1 aromatic carbocycles. The lowest BCUT2D eigenvalue weighted by Gasteiger charge is -2.04. The van der Waals surface area contributed by atoms with Crippen molar-refractivity contribution in [2.24, 2.45) is 5.73 Å². The first-order chi connectivity index (χ1) is 10.5. The van der Waals surface area contributed by atoms with Gasteiger partial charge in [-0.1, -0.05) is 35.3 Å². The van der Waals surface area contributed by atoms with Crippen molar-refractivity contribution in [3.8, 4) is 0 Å². The minimum atomic E-state index is -0.0704. The number of carbonyl (C=O) groups excluding carboxylic acids is 1. The van der Waals surface area contributed by atoms with Crippen LogP contribution in [0, 0.1) is 0 Å². The first kappa shape index (κ1) is 20.2. The normalized spacial score (nSPS) is 11.7. The van der Waals surface area contributed by atoms with Gasteiger partial charge >= 0.3 is 0 Å². The van der Waals surface area contributed by atoms with Crippen LogP contribution in [0.15, 0.2) is 24.4 Å². The molecule has 4 nitrogen and oxygen atoms in total. The van der Waals surface area contributed by atoms with Gasteiger partial charge in [0, 0.05) is 30.0 Å². The third-order valence-corrected chi connectivity index (χ3v) is 4.79. The maximum Gasteiger partial charge on any atom is 0.226 e. The molecule has 0 fully saturated rings. The molecule has 3 N–H and O–H groups in total. The van der Waals surface area contributed by atoms with Gasteiger partial charge in [-0.3, -0.25) is 4.79 Å². The molecule has 0 aliphatic rings. The Morgan fingerprint density at radius 1 is 1.43 bits per heavy atom. The van der Waals surface area contributed by atoms with Crippen LogP contribution in [0.4, 0.5) is 5.13 Å². The van der Waals surface area contributed by atoms with Crippen LogP contribution >= 0.6 is 46.9 Å². The maximum atomic E-state index is 11.7. The third kappa shape index (κ3) is 6.28. The van der Waals surface area contributed by atoms with Crippen molar-refractivity contribution < 1.29 is 4.79 Å². The van der Waals surface area contributed by atoms with Gasteiger partial charge in [0.15, 0.2) is 5.13 Å². The van der Waals surface area contributed by atoms with Gasteiger partial charge < -0.3 is 11.1 Å². The van der Waals surface area contributed by atoms with Crippen LogP contribution in [-0.2, 0) is 11.2 Å². The Morgan fingerprint density at radius 3 is 2.87 bits per heavy atom. The highest BCUT2D eigenvalue weighted by atomic mass is 35.5. The highest BCUT2D eigenvalue weighted by Crippen LogP contribution is 2.29. The van der Waals surface area contributed by atoms with Gasteiger partial charge in [-0.15, -0.1) is 23.7 Å². The summed E-state index contributed by atoms with van der Waals surface area (Å²) >= 11 is 13.6. The number of hydrogen-bond acceptors (Lipinski definition) is 4. The number of nitrogens with two attached hydrogens (primary N) is 1. The Hall–Kier alpha value is -0.850. The third-order valence-electron chi connectivity index (χ3n) is 3.02. The molecule has 2 rings (SSSR count). The molecule has 0 aliphatic carbocycles. The zero-order chi connectivity index (χ0) is 16.1. The molecule has 0 bridgehead atoms. The molecule has 0 radical (unpaired) electrons. The molecule has 0 saturated heterocycles. The molecule has 1 heterocycles. The van der Waals surface area contributed by atoms with Crippen LogP contribution in [0.5, 0.6) is 0 Å². The average molecular weight is 395 g/mol. The van der Waals surface area contributed by atoms with Gasteiger partial charge in [-0.25, -0.2) is 4.98 Å². The van der Waals surface area contributed by atoms with Crippen LogP contribution in [0.2, 0.25) is 10.0 Å². The zero-order valence-electron chi connectivity index (χ0n) is 12.5. The standard InChI is InChI=1S/C15H17Cl2N3OS.ClH/c1-9(18)5-6-13(21)20-15-19-8-11(22-15)7-10-3-2-4-12(16)14(10)17;/h2-4,8-9H,5-7,18H2,1H3,(H,19,20,21);1H. The second-order valence-electron chi connectivity index (χ2n) is 5.09. The Morgan fingerprint density at radius 2 is 2.17 bits per heavy atom. The lowest BCUT2D eigenvalue weighted by molar-refractivity contribution is -0.116. The van der Waals surface area contributed by atoms with Crippen LogP contribution in [-0.4, -0.2) is 16.9 Å². The van der Waals surface area contributed by atoms with Crippen molar-refractivity contribution in [2.45, 2.75) is 32.2 Å². The van der Waals surface area contributed by atoms with E-state index in [0.717, 1.165) is 10.4 Å². The molecule has 1 aromatic heterocycles. The van der Waals surface area contributed by atoms with Crippen molar-refractivity contribution in [1.82, 2.24) is 4.98 Å². The molecule has 0 spiro atoms. The molecule has 1 unspecified atom stereocenters. The summed E-state index contributed by atoms with van der Waals surface area (Å²) in [6.45, 7) is 1.88. The van der Waals surface area contributed by atoms with E-state index < -0.39 is 0 Å². The SMILES string of the molecule is CC(N)CCC(=O)Nc1ncc(Cc2cccc(Cl)c2Cl)s1.Cl. The Balaban J connectivity index is 0.00000264. The maximum absolute atomic E-state index is 11.7. The van der Waals surface area contributed by atoms with Crippen LogP contribution in [0.1, 0.15) is 30.2 Å². The van der Waals surface area contributed by atoms with Crippen LogP contribution in [0.25, 0.3) is 0 Å². The second kappa shape index (κ2) is 9.45. The summed E-state index contributed by atoms with van der Waals surface area (Å²) in [5.74, 6) is -0.0704. The van der Waals surface area contributed by atoms with E-state index in [4.69, 9.17) is 28.9 Å². The molecule has 0 aliphatic heterocycles. The summed E-state index contributed by atoms with van der Waals surface area (Å²) in [5.41, 5.74) is 6.57. The first-order valence-electron chi connectivity index (χ1n) is 6.88. The Kier molecular flexibility index (Phi) is 8.29. The van der Waals surface area contributed by atoms with Crippen molar-refractivity contribution in [2.75, 3.05) is 5.32 Å². The number of nitrogens with zero attached hydrogens (tertiary/aromatic N) is 1. The summed E-state index contributed by atoms with van der Waals surface area (Å²) in [6, 6.07) is 5.56. The highest BCUT2D eigenvalue weighted by Gasteiger charge is 2.10. The number of hydrogen-bond donors (Lipinski definition) is 2.